The molecule has 1 heterocycles. The molecule has 1 atom stereocenters. The molecular weight excluding hydrogens is 148 g/mol. The summed E-state index contributed by atoms with van der Waals surface area (Å²) in [7, 11) is 0. The van der Waals surface area contributed by atoms with Gasteiger partial charge < -0.3 is 0 Å². The van der Waals surface area contributed by atoms with E-state index in [1.165, 1.54) is 13.0 Å². The van der Waals surface area contributed by atoms with Gasteiger partial charge in [-0.15, -0.1) is 0 Å². The topological polar surface area (TPSA) is 72.6 Å². The zero-order valence-corrected chi connectivity index (χ0v) is 5.85. The van der Waals surface area contributed by atoms with Crippen molar-refractivity contribution in [2.24, 2.45) is 4.99 Å². The first kappa shape index (κ1) is 7.59. The zero-order chi connectivity index (χ0) is 8.43. The van der Waals surface area contributed by atoms with Crippen molar-refractivity contribution in [2.45, 2.75) is 13.0 Å². The van der Waals surface area contributed by atoms with E-state index in [1.807, 2.05) is 0 Å². The van der Waals surface area contributed by atoms with Gasteiger partial charge in [0.2, 0.25) is 0 Å². The fourth-order valence-corrected chi connectivity index (χ4v) is 0.800. The number of carbonyl (C=O) groups is 1. The van der Waals surface area contributed by atoms with Gasteiger partial charge in [0.1, 0.15) is 0 Å². The van der Waals surface area contributed by atoms with Crippen molar-refractivity contribution in [1.82, 2.24) is 0 Å². The Balaban J connectivity index is 2.88. The standard InChI is InChI=1S/C6H6N2O3/c1-4-2-6(9)7-3-5(4)8(10)11/h2-3,5H,1H3. The molecule has 0 aromatic heterocycles. The van der Waals surface area contributed by atoms with Gasteiger partial charge in [-0.25, -0.2) is 4.99 Å². The molecule has 0 saturated heterocycles. The summed E-state index contributed by atoms with van der Waals surface area (Å²) in [5.74, 6) is -0.430. The van der Waals surface area contributed by atoms with E-state index in [9.17, 15) is 14.9 Å². The van der Waals surface area contributed by atoms with Crippen LogP contribution in [-0.2, 0) is 4.79 Å². The van der Waals surface area contributed by atoms with E-state index in [1.54, 1.807) is 0 Å². The van der Waals surface area contributed by atoms with Crippen molar-refractivity contribution in [3.05, 3.63) is 21.8 Å². The predicted molar refractivity (Wildman–Crippen MR) is 38.0 cm³/mol. The van der Waals surface area contributed by atoms with Crippen LogP contribution in [-0.4, -0.2) is 23.1 Å². The number of amides is 1. The van der Waals surface area contributed by atoms with Crippen molar-refractivity contribution >= 4 is 12.1 Å². The average molecular weight is 154 g/mol. The Morgan fingerprint density at radius 1 is 1.73 bits per heavy atom. The Labute approximate surface area is 62.6 Å². The maximum atomic E-state index is 10.5. The summed E-state index contributed by atoms with van der Waals surface area (Å²) in [4.78, 5) is 23.6. The van der Waals surface area contributed by atoms with Gasteiger partial charge in [0, 0.05) is 16.6 Å². The summed E-state index contributed by atoms with van der Waals surface area (Å²) < 4.78 is 0. The second kappa shape index (κ2) is 2.61. The Morgan fingerprint density at radius 2 is 2.36 bits per heavy atom. The van der Waals surface area contributed by atoms with Gasteiger partial charge in [-0.2, -0.15) is 0 Å². The molecule has 1 unspecified atom stereocenters. The Hall–Kier alpha value is -1.52. The normalized spacial score (nSPS) is 23.2. The quantitative estimate of drug-likeness (QED) is 0.399. The lowest BCUT2D eigenvalue weighted by molar-refractivity contribution is -0.491. The van der Waals surface area contributed by atoms with Gasteiger partial charge in [0.15, 0.2) is 0 Å². The van der Waals surface area contributed by atoms with Crippen LogP contribution in [0.2, 0.25) is 0 Å². The van der Waals surface area contributed by atoms with Crippen molar-refractivity contribution in [1.29, 1.82) is 0 Å². The van der Waals surface area contributed by atoms with Crippen molar-refractivity contribution in [2.75, 3.05) is 0 Å². The lowest BCUT2D eigenvalue weighted by Crippen LogP contribution is -2.25. The van der Waals surface area contributed by atoms with Crippen LogP contribution >= 0.6 is 0 Å². The number of dihydropyridines is 1. The molecule has 0 saturated carbocycles. The molecule has 1 aliphatic heterocycles. The molecule has 0 aromatic rings. The Bertz CT molecular complexity index is 267. The largest absolute Gasteiger partial charge is 0.269 e. The molecule has 0 bridgehead atoms. The smallest absolute Gasteiger partial charge is 0.267 e. The molecule has 0 N–H and O–H groups in total. The maximum absolute atomic E-state index is 10.5. The summed E-state index contributed by atoms with van der Waals surface area (Å²) in [6.45, 7) is 1.54. The second-order valence-corrected chi connectivity index (χ2v) is 2.23. The van der Waals surface area contributed by atoms with Crippen LogP contribution in [0, 0.1) is 10.1 Å². The highest BCUT2D eigenvalue weighted by atomic mass is 16.6. The maximum Gasteiger partial charge on any atom is 0.269 e. The Kier molecular flexibility index (Phi) is 1.80. The summed E-state index contributed by atoms with van der Waals surface area (Å²) >= 11 is 0. The lowest BCUT2D eigenvalue weighted by Gasteiger charge is -2.06. The molecule has 0 fully saturated rings. The van der Waals surface area contributed by atoms with Crippen molar-refractivity contribution < 1.29 is 9.72 Å². The van der Waals surface area contributed by atoms with Gasteiger partial charge in [-0.1, -0.05) is 0 Å². The monoisotopic (exact) mass is 154 g/mol. The van der Waals surface area contributed by atoms with Crippen LogP contribution in [0.4, 0.5) is 0 Å². The highest BCUT2D eigenvalue weighted by molar-refractivity contribution is 5.98. The summed E-state index contributed by atoms with van der Waals surface area (Å²) in [5, 5.41) is 10.2. The van der Waals surface area contributed by atoms with Crippen LogP contribution < -0.4 is 0 Å². The third-order valence-corrected chi connectivity index (χ3v) is 1.39. The fraction of sp³-hybridized carbons (Fsp3) is 0.333. The van der Waals surface area contributed by atoms with E-state index in [0.29, 0.717) is 5.57 Å². The highest BCUT2D eigenvalue weighted by Gasteiger charge is 2.23. The van der Waals surface area contributed by atoms with Crippen LogP contribution in [0.15, 0.2) is 16.6 Å². The first-order valence-corrected chi connectivity index (χ1v) is 3.01. The van der Waals surface area contributed by atoms with Gasteiger partial charge in [0.05, 0.1) is 6.21 Å². The third-order valence-electron chi connectivity index (χ3n) is 1.39. The molecule has 0 radical (unpaired) electrons. The lowest BCUT2D eigenvalue weighted by atomic mass is 10.1. The molecule has 5 nitrogen and oxygen atoms in total. The summed E-state index contributed by atoms with van der Waals surface area (Å²) in [5.41, 5.74) is 0.426. The zero-order valence-electron chi connectivity index (χ0n) is 5.85. The Morgan fingerprint density at radius 3 is 2.82 bits per heavy atom. The van der Waals surface area contributed by atoms with Gasteiger partial charge in [-0.3, -0.25) is 14.9 Å². The minimum absolute atomic E-state index is 0.426. The van der Waals surface area contributed by atoms with E-state index in [0.717, 1.165) is 6.21 Å². The molecule has 0 aromatic carbocycles. The third kappa shape index (κ3) is 1.49. The van der Waals surface area contributed by atoms with Crippen LogP contribution in [0.1, 0.15) is 6.92 Å². The summed E-state index contributed by atoms with van der Waals surface area (Å²) in [6, 6.07) is -0.923. The fourth-order valence-electron chi connectivity index (χ4n) is 0.800. The number of nitrogens with zero attached hydrogens (tertiary/aromatic N) is 2. The number of rotatable bonds is 1. The molecule has 1 rings (SSSR count). The van der Waals surface area contributed by atoms with Crippen molar-refractivity contribution in [3.8, 4) is 0 Å². The van der Waals surface area contributed by atoms with Crippen LogP contribution in [0.25, 0.3) is 0 Å². The first-order valence-electron chi connectivity index (χ1n) is 3.01. The molecule has 0 aliphatic carbocycles. The molecule has 1 amide bonds. The number of nitro groups is 1. The highest BCUT2D eigenvalue weighted by Crippen LogP contribution is 2.07. The average Bonchev–Trinajstić information content (AvgIpc) is 1.85. The van der Waals surface area contributed by atoms with Gasteiger partial charge in [-0.05, 0) is 6.92 Å². The van der Waals surface area contributed by atoms with E-state index in [4.69, 9.17) is 0 Å². The number of hydrogen-bond acceptors (Lipinski definition) is 3. The molecular formula is C6H6N2O3. The van der Waals surface area contributed by atoms with E-state index < -0.39 is 16.9 Å². The van der Waals surface area contributed by atoms with Gasteiger partial charge >= 0.3 is 0 Å². The molecule has 58 valence electrons. The first-order chi connectivity index (χ1) is 5.11. The molecule has 11 heavy (non-hydrogen) atoms. The SMILES string of the molecule is CC1=CC(=O)N=CC1[N+](=O)[O-]. The number of hydrogen-bond donors (Lipinski definition) is 0. The molecule has 0 spiro atoms. The molecule has 1 aliphatic rings. The summed E-state index contributed by atoms with van der Waals surface area (Å²) in [6.07, 6.45) is 2.23. The minimum atomic E-state index is -0.923. The predicted octanol–water partition coefficient (Wildman–Crippen LogP) is 0.189. The molecule has 5 heteroatoms. The van der Waals surface area contributed by atoms with E-state index in [-0.39, 0.29) is 0 Å². The van der Waals surface area contributed by atoms with E-state index in [2.05, 4.69) is 4.99 Å². The second-order valence-electron chi connectivity index (χ2n) is 2.23. The minimum Gasteiger partial charge on any atom is -0.267 e. The van der Waals surface area contributed by atoms with E-state index >= 15 is 0 Å². The number of carbonyl (C=O) groups excluding carboxylic acids is 1. The van der Waals surface area contributed by atoms with Crippen LogP contribution in [0.5, 0.6) is 0 Å². The van der Waals surface area contributed by atoms with Crippen molar-refractivity contribution in [3.63, 3.8) is 0 Å². The van der Waals surface area contributed by atoms with Crippen LogP contribution in [0.3, 0.4) is 0 Å². The number of aliphatic imine (C=N–C) groups is 1. The van der Waals surface area contributed by atoms with Gasteiger partial charge in [0.25, 0.3) is 11.9 Å².